The summed E-state index contributed by atoms with van der Waals surface area (Å²) in [5, 5.41) is 16.2. The standard InChI is InChI=1S/C18H26N4O3/c1-12-14(13(2)22-15(20-12)10-17(24)21-22)9-16(23)19-11-18(25)7-5-3-4-6-8-18/h10,25H,3-9,11H2,1-2H3,(H,19,23)(H,21,24). The molecule has 3 rings (SSSR count). The zero-order valence-corrected chi connectivity index (χ0v) is 14.9. The van der Waals surface area contributed by atoms with Crippen molar-refractivity contribution in [2.45, 2.75) is 64.4 Å². The van der Waals surface area contributed by atoms with E-state index in [0.29, 0.717) is 12.2 Å². The highest BCUT2D eigenvalue weighted by atomic mass is 16.3. The van der Waals surface area contributed by atoms with Crippen LogP contribution in [0, 0.1) is 13.8 Å². The van der Waals surface area contributed by atoms with Crippen LogP contribution in [-0.2, 0) is 11.2 Å². The lowest BCUT2D eigenvalue weighted by Gasteiger charge is -2.27. The normalized spacial score (nSPS) is 17.4. The Hall–Kier alpha value is -2.15. The van der Waals surface area contributed by atoms with Crippen molar-refractivity contribution in [1.29, 1.82) is 0 Å². The molecule has 0 spiro atoms. The highest BCUT2D eigenvalue weighted by Gasteiger charge is 2.28. The first kappa shape index (κ1) is 17.7. The summed E-state index contributed by atoms with van der Waals surface area (Å²) >= 11 is 0. The Balaban J connectivity index is 1.70. The minimum atomic E-state index is -0.788. The SMILES string of the molecule is Cc1nc2cc(=O)[nH]n2c(C)c1CC(=O)NCC1(O)CCCCCC1. The lowest BCUT2D eigenvalue weighted by molar-refractivity contribution is -0.121. The van der Waals surface area contributed by atoms with E-state index in [2.05, 4.69) is 15.4 Å². The molecule has 136 valence electrons. The van der Waals surface area contributed by atoms with Gasteiger partial charge in [-0.05, 0) is 26.7 Å². The molecular weight excluding hydrogens is 320 g/mol. The molecule has 2 aromatic heterocycles. The Labute approximate surface area is 146 Å². The van der Waals surface area contributed by atoms with E-state index in [9.17, 15) is 14.7 Å². The number of nitrogens with zero attached hydrogens (tertiary/aromatic N) is 2. The summed E-state index contributed by atoms with van der Waals surface area (Å²) in [4.78, 5) is 28.3. The van der Waals surface area contributed by atoms with Crippen molar-refractivity contribution in [1.82, 2.24) is 19.9 Å². The van der Waals surface area contributed by atoms with Crippen LogP contribution >= 0.6 is 0 Å². The molecule has 7 nitrogen and oxygen atoms in total. The van der Waals surface area contributed by atoms with Crippen LogP contribution in [0.15, 0.2) is 10.9 Å². The Morgan fingerprint density at radius 2 is 2.00 bits per heavy atom. The highest BCUT2D eigenvalue weighted by molar-refractivity contribution is 5.79. The fourth-order valence-corrected chi connectivity index (χ4v) is 3.66. The third-order valence-corrected chi connectivity index (χ3v) is 5.19. The van der Waals surface area contributed by atoms with Crippen LogP contribution < -0.4 is 10.9 Å². The number of H-pyrrole nitrogens is 1. The number of rotatable bonds is 4. The van der Waals surface area contributed by atoms with Gasteiger partial charge in [0.15, 0.2) is 5.65 Å². The van der Waals surface area contributed by atoms with Crippen molar-refractivity contribution in [3.05, 3.63) is 33.4 Å². The van der Waals surface area contributed by atoms with Gasteiger partial charge in [-0.25, -0.2) is 9.50 Å². The van der Waals surface area contributed by atoms with Crippen LogP contribution in [0.2, 0.25) is 0 Å². The van der Waals surface area contributed by atoms with Crippen molar-refractivity contribution in [3.63, 3.8) is 0 Å². The van der Waals surface area contributed by atoms with Gasteiger partial charge in [0.05, 0.1) is 12.0 Å². The Kier molecular flexibility index (Phi) is 4.94. The van der Waals surface area contributed by atoms with Crippen LogP contribution in [0.1, 0.15) is 55.5 Å². The number of fused-ring (bicyclic) bond motifs is 1. The van der Waals surface area contributed by atoms with Gasteiger partial charge in [-0.1, -0.05) is 25.7 Å². The number of aliphatic hydroxyl groups is 1. The van der Waals surface area contributed by atoms with Crippen molar-refractivity contribution >= 4 is 11.6 Å². The molecule has 0 aromatic carbocycles. The van der Waals surface area contributed by atoms with E-state index >= 15 is 0 Å². The summed E-state index contributed by atoms with van der Waals surface area (Å²) in [7, 11) is 0. The van der Waals surface area contributed by atoms with Crippen LogP contribution in [0.3, 0.4) is 0 Å². The molecule has 25 heavy (non-hydrogen) atoms. The first-order valence-electron chi connectivity index (χ1n) is 8.95. The largest absolute Gasteiger partial charge is 0.388 e. The predicted molar refractivity (Wildman–Crippen MR) is 94.7 cm³/mol. The smallest absolute Gasteiger partial charge is 0.266 e. The van der Waals surface area contributed by atoms with Crippen LogP contribution in [0.25, 0.3) is 5.65 Å². The number of aromatic nitrogens is 3. The molecule has 2 aromatic rings. The summed E-state index contributed by atoms with van der Waals surface area (Å²) < 4.78 is 1.61. The molecule has 0 unspecified atom stereocenters. The fraction of sp³-hybridized carbons (Fsp3) is 0.611. The topological polar surface area (TPSA) is 99.5 Å². The molecule has 1 amide bonds. The quantitative estimate of drug-likeness (QED) is 0.728. The second-order valence-electron chi connectivity index (χ2n) is 7.17. The van der Waals surface area contributed by atoms with E-state index in [-0.39, 0.29) is 17.9 Å². The number of aryl methyl sites for hydroxylation is 2. The maximum atomic E-state index is 12.4. The molecule has 1 saturated carbocycles. The summed E-state index contributed by atoms with van der Waals surface area (Å²) in [5.41, 5.74) is 1.88. The Morgan fingerprint density at radius 3 is 2.68 bits per heavy atom. The van der Waals surface area contributed by atoms with Gasteiger partial charge < -0.3 is 10.4 Å². The van der Waals surface area contributed by atoms with E-state index in [4.69, 9.17) is 0 Å². The average Bonchev–Trinajstić information content (AvgIpc) is 2.79. The number of aromatic amines is 1. The lowest BCUT2D eigenvalue weighted by Crippen LogP contribution is -2.43. The molecule has 3 N–H and O–H groups in total. The first-order valence-corrected chi connectivity index (χ1v) is 8.95. The minimum absolute atomic E-state index is 0.139. The van der Waals surface area contributed by atoms with Crippen molar-refractivity contribution in [2.24, 2.45) is 0 Å². The van der Waals surface area contributed by atoms with Gasteiger partial charge >= 0.3 is 0 Å². The van der Waals surface area contributed by atoms with Crippen molar-refractivity contribution in [2.75, 3.05) is 6.54 Å². The number of nitrogens with one attached hydrogen (secondary N) is 2. The molecule has 1 fully saturated rings. The maximum Gasteiger partial charge on any atom is 0.266 e. The number of carbonyl (C=O) groups excluding carboxylic acids is 1. The number of amides is 1. The summed E-state index contributed by atoms with van der Waals surface area (Å²) in [6.45, 7) is 3.99. The highest BCUT2D eigenvalue weighted by Crippen LogP contribution is 2.26. The van der Waals surface area contributed by atoms with Crippen molar-refractivity contribution < 1.29 is 9.90 Å². The Morgan fingerprint density at radius 1 is 1.32 bits per heavy atom. The second kappa shape index (κ2) is 7.00. The summed E-state index contributed by atoms with van der Waals surface area (Å²) in [5.74, 6) is -0.139. The van der Waals surface area contributed by atoms with Gasteiger partial charge in [-0.15, -0.1) is 0 Å². The molecule has 0 radical (unpaired) electrons. The molecular formula is C18H26N4O3. The molecule has 1 aliphatic carbocycles. The molecule has 1 aliphatic rings. The lowest BCUT2D eigenvalue weighted by atomic mass is 9.94. The van der Waals surface area contributed by atoms with E-state index in [1.54, 1.807) is 4.52 Å². The number of hydrogen-bond donors (Lipinski definition) is 3. The number of carbonyl (C=O) groups is 1. The molecule has 0 atom stereocenters. The molecule has 2 heterocycles. The molecule has 0 aliphatic heterocycles. The first-order chi connectivity index (χ1) is 11.9. The third kappa shape index (κ3) is 3.92. The minimum Gasteiger partial charge on any atom is -0.388 e. The summed E-state index contributed by atoms with van der Waals surface area (Å²) in [6, 6.07) is 1.44. The van der Waals surface area contributed by atoms with E-state index < -0.39 is 5.60 Å². The fourth-order valence-electron chi connectivity index (χ4n) is 3.66. The van der Waals surface area contributed by atoms with Gasteiger partial charge in [0.2, 0.25) is 5.91 Å². The average molecular weight is 346 g/mol. The maximum absolute atomic E-state index is 12.4. The van der Waals surface area contributed by atoms with E-state index in [1.807, 2.05) is 13.8 Å². The van der Waals surface area contributed by atoms with Crippen molar-refractivity contribution in [3.8, 4) is 0 Å². The number of hydrogen-bond acceptors (Lipinski definition) is 4. The third-order valence-electron chi connectivity index (χ3n) is 5.19. The zero-order valence-electron chi connectivity index (χ0n) is 14.9. The van der Waals surface area contributed by atoms with Gasteiger partial charge in [-0.3, -0.25) is 14.7 Å². The summed E-state index contributed by atoms with van der Waals surface area (Å²) in [6.07, 6.45) is 5.97. The monoisotopic (exact) mass is 346 g/mol. The van der Waals surface area contributed by atoms with Gasteiger partial charge in [0.1, 0.15) is 0 Å². The van der Waals surface area contributed by atoms with E-state index in [0.717, 1.165) is 55.5 Å². The molecule has 0 saturated heterocycles. The molecule has 0 bridgehead atoms. The van der Waals surface area contributed by atoms with Gasteiger partial charge in [-0.2, -0.15) is 0 Å². The van der Waals surface area contributed by atoms with Crippen LogP contribution in [-0.4, -0.2) is 37.8 Å². The van der Waals surface area contributed by atoms with Crippen LogP contribution in [0.4, 0.5) is 0 Å². The van der Waals surface area contributed by atoms with Gasteiger partial charge in [0, 0.05) is 29.6 Å². The zero-order chi connectivity index (χ0) is 18.0. The second-order valence-corrected chi connectivity index (χ2v) is 7.17. The van der Waals surface area contributed by atoms with E-state index in [1.165, 1.54) is 6.07 Å². The van der Waals surface area contributed by atoms with Crippen LogP contribution in [0.5, 0.6) is 0 Å². The Bertz CT molecular complexity index is 829. The van der Waals surface area contributed by atoms with Gasteiger partial charge in [0.25, 0.3) is 5.56 Å². The molecule has 7 heteroatoms. The predicted octanol–water partition coefficient (Wildman–Crippen LogP) is 1.38.